The average Bonchev–Trinajstić information content (AvgIpc) is 2.76. The molecule has 0 saturated carbocycles. The molecule has 5 heteroatoms. The summed E-state index contributed by atoms with van der Waals surface area (Å²) < 4.78 is 0. The van der Waals surface area contributed by atoms with Crippen molar-refractivity contribution in [2.24, 2.45) is 0 Å². The van der Waals surface area contributed by atoms with Crippen LogP contribution in [0.25, 0.3) is 0 Å². The predicted molar refractivity (Wildman–Crippen MR) is 75.5 cm³/mol. The normalized spacial score (nSPS) is 10.2. The molecule has 0 aliphatic heterocycles. The maximum absolute atomic E-state index is 12.2. The second-order valence-corrected chi connectivity index (χ2v) is 5.03. The van der Waals surface area contributed by atoms with Crippen LogP contribution in [-0.2, 0) is 0 Å². The van der Waals surface area contributed by atoms with Gasteiger partial charge in [-0.15, -0.1) is 0 Å². The van der Waals surface area contributed by atoms with Gasteiger partial charge in [-0.25, -0.2) is 4.98 Å². The van der Waals surface area contributed by atoms with Crippen molar-refractivity contribution in [3.8, 4) is 0 Å². The first-order chi connectivity index (χ1) is 8.61. The smallest absolute Gasteiger partial charge is 0.257 e. The van der Waals surface area contributed by atoms with E-state index in [0.717, 1.165) is 21.7 Å². The van der Waals surface area contributed by atoms with Crippen LogP contribution in [0.4, 0.5) is 10.1 Å². The van der Waals surface area contributed by atoms with Crippen LogP contribution in [0, 0.1) is 13.8 Å². The molecule has 0 saturated heterocycles. The maximum atomic E-state index is 12.2. The van der Waals surface area contributed by atoms with Crippen molar-refractivity contribution in [2.45, 2.75) is 13.8 Å². The van der Waals surface area contributed by atoms with Gasteiger partial charge in [-0.2, -0.15) is 0 Å². The third-order valence-corrected chi connectivity index (χ3v) is 3.61. The van der Waals surface area contributed by atoms with Gasteiger partial charge in [0.05, 0.1) is 6.20 Å². The predicted octanol–water partition coefficient (Wildman–Crippen LogP) is 3.05. The lowest BCUT2D eigenvalue weighted by Gasteiger charge is -2.08. The van der Waals surface area contributed by atoms with Gasteiger partial charge in [-0.05, 0) is 25.0 Å². The summed E-state index contributed by atoms with van der Waals surface area (Å²) in [5.74, 6) is -0.109. The first kappa shape index (κ1) is 12.6. The second-order valence-electron chi connectivity index (χ2n) is 4.00. The molecule has 1 aromatic heterocycles. The van der Waals surface area contributed by atoms with Gasteiger partial charge in [-0.3, -0.25) is 10.1 Å². The number of rotatable bonds is 3. The van der Waals surface area contributed by atoms with E-state index in [9.17, 15) is 4.79 Å². The molecule has 0 spiro atoms. The fourth-order valence-electron chi connectivity index (χ4n) is 1.78. The fourth-order valence-corrected chi connectivity index (χ4v) is 2.44. The molecule has 0 fully saturated rings. The quantitative estimate of drug-likeness (QED) is 0.892. The molecule has 0 aliphatic carbocycles. The minimum Gasteiger partial charge on any atom is -0.379 e. The van der Waals surface area contributed by atoms with Crippen molar-refractivity contribution in [3.05, 3.63) is 41.1 Å². The molecule has 18 heavy (non-hydrogen) atoms. The molecule has 0 bridgehead atoms. The molecule has 1 aromatic carbocycles. The van der Waals surface area contributed by atoms with E-state index in [1.807, 2.05) is 39.1 Å². The molecule has 0 unspecified atom stereocenters. The van der Waals surface area contributed by atoms with E-state index in [1.165, 1.54) is 11.3 Å². The standard InChI is InChI=1S/C13H15N3OS/c1-8-5-4-6-9(2)11(8)12(17)16-13-15-7-10(14-3)18-13/h4-7,14H,1-3H3,(H,15,16,17). The number of nitrogens with one attached hydrogen (secondary N) is 2. The van der Waals surface area contributed by atoms with Crippen molar-refractivity contribution < 1.29 is 4.79 Å². The Kier molecular flexibility index (Phi) is 3.62. The second kappa shape index (κ2) is 5.18. The first-order valence-electron chi connectivity index (χ1n) is 5.63. The summed E-state index contributed by atoms with van der Waals surface area (Å²) in [6.45, 7) is 3.87. The summed E-state index contributed by atoms with van der Waals surface area (Å²) >= 11 is 1.41. The zero-order valence-corrected chi connectivity index (χ0v) is 11.4. The lowest BCUT2D eigenvalue weighted by atomic mass is 10.0. The number of benzene rings is 1. The average molecular weight is 261 g/mol. The van der Waals surface area contributed by atoms with Gasteiger partial charge < -0.3 is 5.32 Å². The van der Waals surface area contributed by atoms with Gasteiger partial charge in [0.25, 0.3) is 5.91 Å². The van der Waals surface area contributed by atoms with Gasteiger partial charge in [-0.1, -0.05) is 29.5 Å². The molecule has 4 nitrogen and oxygen atoms in total. The van der Waals surface area contributed by atoms with Crippen molar-refractivity contribution in [1.29, 1.82) is 0 Å². The van der Waals surface area contributed by atoms with Gasteiger partial charge >= 0.3 is 0 Å². The van der Waals surface area contributed by atoms with Crippen LogP contribution in [0.15, 0.2) is 24.4 Å². The molecule has 0 radical (unpaired) electrons. The van der Waals surface area contributed by atoms with Crippen LogP contribution in [0.2, 0.25) is 0 Å². The Morgan fingerprint density at radius 2 is 1.94 bits per heavy atom. The largest absolute Gasteiger partial charge is 0.379 e. The van der Waals surface area contributed by atoms with E-state index < -0.39 is 0 Å². The zero-order valence-electron chi connectivity index (χ0n) is 10.6. The van der Waals surface area contributed by atoms with E-state index in [0.29, 0.717) is 5.13 Å². The first-order valence-corrected chi connectivity index (χ1v) is 6.44. The highest BCUT2D eigenvalue weighted by atomic mass is 32.1. The molecular formula is C13H15N3OS. The highest BCUT2D eigenvalue weighted by molar-refractivity contribution is 7.19. The number of carbonyl (C=O) groups excluding carboxylic acids is 1. The van der Waals surface area contributed by atoms with Crippen LogP contribution < -0.4 is 10.6 Å². The van der Waals surface area contributed by atoms with E-state index in [4.69, 9.17) is 0 Å². The number of thiazole rings is 1. The molecule has 1 amide bonds. The Bertz CT molecular complexity index is 557. The molecule has 2 rings (SSSR count). The Labute approximate surface area is 110 Å². The Morgan fingerprint density at radius 3 is 2.50 bits per heavy atom. The molecule has 94 valence electrons. The highest BCUT2D eigenvalue weighted by Gasteiger charge is 2.13. The van der Waals surface area contributed by atoms with Crippen molar-refractivity contribution in [3.63, 3.8) is 0 Å². The summed E-state index contributed by atoms with van der Waals surface area (Å²) in [6, 6.07) is 5.82. The minimum absolute atomic E-state index is 0.109. The summed E-state index contributed by atoms with van der Waals surface area (Å²) in [4.78, 5) is 16.3. The molecule has 2 aromatic rings. The van der Waals surface area contributed by atoms with Gasteiger partial charge in [0.2, 0.25) is 0 Å². The summed E-state index contributed by atoms with van der Waals surface area (Å²) in [7, 11) is 1.82. The summed E-state index contributed by atoms with van der Waals surface area (Å²) in [5.41, 5.74) is 2.66. The van der Waals surface area contributed by atoms with Crippen molar-refractivity contribution in [2.75, 3.05) is 17.7 Å². The number of amides is 1. The number of hydrogen-bond acceptors (Lipinski definition) is 4. The number of aryl methyl sites for hydroxylation is 2. The van der Waals surface area contributed by atoms with Crippen LogP contribution in [0.1, 0.15) is 21.5 Å². The molecule has 1 heterocycles. The number of nitrogens with zero attached hydrogens (tertiary/aromatic N) is 1. The van der Waals surface area contributed by atoms with E-state index in [2.05, 4.69) is 15.6 Å². The Balaban J connectivity index is 2.22. The zero-order chi connectivity index (χ0) is 13.1. The molecular weight excluding hydrogens is 246 g/mol. The number of hydrogen-bond donors (Lipinski definition) is 2. The Hall–Kier alpha value is -1.88. The summed E-state index contributed by atoms with van der Waals surface area (Å²) in [6.07, 6.45) is 1.70. The lowest BCUT2D eigenvalue weighted by molar-refractivity contribution is 0.102. The fraction of sp³-hybridized carbons (Fsp3) is 0.231. The minimum atomic E-state index is -0.109. The molecule has 2 N–H and O–H groups in total. The van der Waals surface area contributed by atoms with Crippen molar-refractivity contribution >= 4 is 27.4 Å². The van der Waals surface area contributed by atoms with E-state index in [1.54, 1.807) is 6.20 Å². The SMILES string of the molecule is CNc1cnc(NC(=O)c2c(C)cccc2C)s1. The molecule has 0 aliphatic rings. The highest BCUT2D eigenvalue weighted by Crippen LogP contribution is 2.23. The van der Waals surface area contributed by atoms with Gasteiger partial charge in [0.1, 0.15) is 5.00 Å². The van der Waals surface area contributed by atoms with Crippen LogP contribution in [0.5, 0.6) is 0 Å². The van der Waals surface area contributed by atoms with Gasteiger partial charge in [0.15, 0.2) is 5.13 Å². The topological polar surface area (TPSA) is 54.0 Å². The third kappa shape index (κ3) is 2.51. The van der Waals surface area contributed by atoms with Crippen LogP contribution in [0.3, 0.4) is 0 Å². The summed E-state index contributed by atoms with van der Waals surface area (Å²) in [5, 5.41) is 7.34. The Morgan fingerprint density at radius 1 is 1.28 bits per heavy atom. The van der Waals surface area contributed by atoms with E-state index >= 15 is 0 Å². The number of carbonyl (C=O) groups is 1. The van der Waals surface area contributed by atoms with Crippen molar-refractivity contribution in [1.82, 2.24) is 4.98 Å². The van der Waals surface area contributed by atoms with Gasteiger partial charge in [0, 0.05) is 12.6 Å². The van der Waals surface area contributed by atoms with Crippen LogP contribution in [-0.4, -0.2) is 17.9 Å². The van der Waals surface area contributed by atoms with E-state index in [-0.39, 0.29) is 5.91 Å². The maximum Gasteiger partial charge on any atom is 0.257 e. The third-order valence-electron chi connectivity index (χ3n) is 2.68. The number of aromatic nitrogens is 1. The van der Waals surface area contributed by atoms with Crippen LogP contribution >= 0.6 is 11.3 Å². The number of anilines is 2. The monoisotopic (exact) mass is 261 g/mol. The molecule has 0 atom stereocenters. The lowest BCUT2D eigenvalue weighted by Crippen LogP contribution is -2.14.